The summed E-state index contributed by atoms with van der Waals surface area (Å²) in [5, 5.41) is 11.8. The number of halogens is 2. The average molecular weight is 409 g/mol. The molecule has 0 saturated carbocycles. The van der Waals surface area contributed by atoms with Crippen LogP contribution in [0.3, 0.4) is 0 Å². The summed E-state index contributed by atoms with van der Waals surface area (Å²) in [6, 6.07) is 7.58. The maximum atomic E-state index is 12.4. The van der Waals surface area contributed by atoms with E-state index in [0.29, 0.717) is 27.4 Å². The Morgan fingerprint density at radius 1 is 1.42 bits per heavy atom. The van der Waals surface area contributed by atoms with Crippen molar-refractivity contribution >= 4 is 39.1 Å². The Morgan fingerprint density at radius 3 is 2.83 bits per heavy atom. The normalized spacial score (nSPS) is 10.8. The van der Waals surface area contributed by atoms with E-state index in [4.69, 9.17) is 11.6 Å². The molecule has 3 rings (SSSR count). The van der Waals surface area contributed by atoms with Gasteiger partial charge < -0.3 is 5.32 Å². The van der Waals surface area contributed by atoms with Crippen LogP contribution in [0.5, 0.6) is 0 Å². The van der Waals surface area contributed by atoms with Crippen LogP contribution in [0.1, 0.15) is 21.7 Å². The minimum atomic E-state index is -0.259. The SMILES string of the molecule is Cc1c(Br)c(C(=O)Nc2cccc(Cn3cc(Cl)cn3)c2)nn1C. The van der Waals surface area contributed by atoms with Gasteiger partial charge in [-0.3, -0.25) is 14.2 Å². The van der Waals surface area contributed by atoms with Gasteiger partial charge in [0.15, 0.2) is 5.69 Å². The maximum Gasteiger partial charge on any atom is 0.277 e. The van der Waals surface area contributed by atoms with Crippen LogP contribution in [0.4, 0.5) is 5.69 Å². The third-order valence-corrected chi connectivity index (χ3v) is 4.75. The Balaban J connectivity index is 1.76. The van der Waals surface area contributed by atoms with Crippen LogP contribution >= 0.6 is 27.5 Å². The molecule has 1 amide bonds. The van der Waals surface area contributed by atoms with Crippen molar-refractivity contribution in [1.29, 1.82) is 0 Å². The molecule has 6 nitrogen and oxygen atoms in total. The second kappa shape index (κ2) is 6.78. The van der Waals surface area contributed by atoms with Crippen LogP contribution in [-0.2, 0) is 13.6 Å². The van der Waals surface area contributed by atoms with Crippen LogP contribution in [0, 0.1) is 6.92 Å². The lowest BCUT2D eigenvalue weighted by Gasteiger charge is -2.07. The fourth-order valence-corrected chi connectivity index (χ4v) is 2.95. The number of carbonyl (C=O) groups excluding carboxylic acids is 1. The highest BCUT2D eigenvalue weighted by Gasteiger charge is 2.17. The van der Waals surface area contributed by atoms with Gasteiger partial charge in [0.2, 0.25) is 0 Å². The van der Waals surface area contributed by atoms with E-state index in [1.165, 1.54) is 0 Å². The molecule has 0 spiro atoms. The largest absolute Gasteiger partial charge is 0.321 e. The van der Waals surface area contributed by atoms with Crippen molar-refractivity contribution in [2.75, 3.05) is 5.32 Å². The van der Waals surface area contributed by atoms with Crippen LogP contribution in [-0.4, -0.2) is 25.5 Å². The Hall–Kier alpha value is -2.12. The number of carbonyl (C=O) groups is 1. The zero-order chi connectivity index (χ0) is 17.3. The number of amides is 1. The summed E-state index contributed by atoms with van der Waals surface area (Å²) in [5.74, 6) is -0.259. The van der Waals surface area contributed by atoms with E-state index < -0.39 is 0 Å². The molecule has 24 heavy (non-hydrogen) atoms. The Morgan fingerprint density at radius 2 is 2.21 bits per heavy atom. The van der Waals surface area contributed by atoms with Gasteiger partial charge in [-0.1, -0.05) is 23.7 Å². The first-order chi connectivity index (χ1) is 11.4. The van der Waals surface area contributed by atoms with E-state index in [0.717, 1.165) is 11.3 Å². The van der Waals surface area contributed by atoms with E-state index >= 15 is 0 Å². The predicted molar refractivity (Wildman–Crippen MR) is 96.4 cm³/mol. The monoisotopic (exact) mass is 407 g/mol. The number of nitrogens with zero attached hydrogens (tertiary/aromatic N) is 4. The lowest BCUT2D eigenvalue weighted by atomic mass is 10.2. The quantitative estimate of drug-likeness (QED) is 0.717. The van der Waals surface area contributed by atoms with Crippen LogP contribution in [0.25, 0.3) is 0 Å². The highest BCUT2D eigenvalue weighted by Crippen LogP contribution is 2.21. The number of benzene rings is 1. The summed E-state index contributed by atoms with van der Waals surface area (Å²) >= 11 is 9.28. The van der Waals surface area contributed by atoms with Crippen molar-refractivity contribution in [3.05, 3.63) is 63.1 Å². The first-order valence-electron chi connectivity index (χ1n) is 7.21. The zero-order valence-electron chi connectivity index (χ0n) is 13.1. The summed E-state index contributed by atoms with van der Waals surface area (Å²) in [4.78, 5) is 12.4. The van der Waals surface area contributed by atoms with Crippen LogP contribution in [0.2, 0.25) is 5.02 Å². The molecule has 8 heteroatoms. The number of rotatable bonds is 4. The van der Waals surface area contributed by atoms with Crippen molar-refractivity contribution in [3.63, 3.8) is 0 Å². The number of hydrogen-bond donors (Lipinski definition) is 1. The summed E-state index contributed by atoms with van der Waals surface area (Å²) in [6.45, 7) is 2.46. The lowest BCUT2D eigenvalue weighted by molar-refractivity contribution is 0.102. The summed E-state index contributed by atoms with van der Waals surface area (Å²) < 4.78 is 4.10. The molecule has 3 aromatic rings. The average Bonchev–Trinajstić information content (AvgIpc) is 3.06. The molecular weight excluding hydrogens is 394 g/mol. The van der Waals surface area contributed by atoms with Crippen molar-refractivity contribution < 1.29 is 4.79 Å². The van der Waals surface area contributed by atoms with Gasteiger partial charge in [-0.2, -0.15) is 10.2 Å². The highest BCUT2D eigenvalue weighted by atomic mass is 79.9. The van der Waals surface area contributed by atoms with Crippen LogP contribution < -0.4 is 5.32 Å². The number of anilines is 1. The molecule has 124 valence electrons. The van der Waals surface area contributed by atoms with Gasteiger partial charge >= 0.3 is 0 Å². The van der Waals surface area contributed by atoms with Gasteiger partial charge in [0, 0.05) is 18.9 Å². The first kappa shape index (κ1) is 16.7. The van der Waals surface area contributed by atoms with Crippen molar-refractivity contribution in [2.45, 2.75) is 13.5 Å². The number of hydrogen-bond acceptors (Lipinski definition) is 3. The lowest BCUT2D eigenvalue weighted by Crippen LogP contribution is -2.14. The minimum absolute atomic E-state index is 0.259. The molecule has 2 aromatic heterocycles. The molecule has 0 unspecified atom stereocenters. The fourth-order valence-electron chi connectivity index (χ4n) is 2.28. The Kier molecular flexibility index (Phi) is 4.73. The first-order valence-corrected chi connectivity index (χ1v) is 8.38. The van der Waals surface area contributed by atoms with Crippen LogP contribution in [0.15, 0.2) is 41.1 Å². The number of aromatic nitrogens is 4. The summed E-state index contributed by atoms with van der Waals surface area (Å²) in [6.07, 6.45) is 3.34. The number of nitrogens with one attached hydrogen (secondary N) is 1. The standard InChI is InChI=1S/C16H15BrClN5O/c1-10-14(17)15(21-22(10)2)16(24)20-13-5-3-4-11(6-13)8-23-9-12(18)7-19-23/h3-7,9H,8H2,1-2H3,(H,20,24). The third-order valence-electron chi connectivity index (χ3n) is 3.61. The van der Waals surface area contributed by atoms with E-state index in [9.17, 15) is 4.79 Å². The van der Waals surface area contributed by atoms with Gasteiger partial charge in [-0.25, -0.2) is 0 Å². The zero-order valence-corrected chi connectivity index (χ0v) is 15.5. The molecule has 0 atom stereocenters. The van der Waals surface area contributed by atoms with Crippen molar-refractivity contribution in [3.8, 4) is 0 Å². The fraction of sp³-hybridized carbons (Fsp3) is 0.188. The van der Waals surface area contributed by atoms with E-state index in [-0.39, 0.29) is 5.91 Å². The summed E-state index contributed by atoms with van der Waals surface area (Å²) in [5.41, 5.74) is 2.96. The third kappa shape index (κ3) is 3.52. The second-order valence-electron chi connectivity index (χ2n) is 5.38. The van der Waals surface area contributed by atoms with Gasteiger partial charge in [-0.15, -0.1) is 0 Å². The summed E-state index contributed by atoms with van der Waals surface area (Å²) in [7, 11) is 1.80. The predicted octanol–water partition coefficient (Wildman–Crippen LogP) is 3.64. The molecule has 1 aromatic carbocycles. The van der Waals surface area contributed by atoms with Gasteiger partial charge in [0.05, 0.1) is 27.9 Å². The molecule has 0 aliphatic heterocycles. The van der Waals surface area contributed by atoms with Crippen molar-refractivity contribution in [1.82, 2.24) is 19.6 Å². The van der Waals surface area contributed by atoms with Gasteiger partial charge in [0.1, 0.15) is 0 Å². The molecule has 2 heterocycles. The molecule has 0 aliphatic rings. The minimum Gasteiger partial charge on any atom is -0.321 e. The Bertz CT molecular complexity index is 902. The van der Waals surface area contributed by atoms with Crippen molar-refractivity contribution in [2.24, 2.45) is 7.05 Å². The molecule has 0 aliphatic carbocycles. The maximum absolute atomic E-state index is 12.4. The molecule has 0 bridgehead atoms. The highest BCUT2D eigenvalue weighted by molar-refractivity contribution is 9.10. The topological polar surface area (TPSA) is 64.7 Å². The van der Waals surface area contributed by atoms with E-state index in [1.54, 1.807) is 28.8 Å². The number of aryl methyl sites for hydroxylation is 1. The Labute approximate surface area is 152 Å². The second-order valence-corrected chi connectivity index (χ2v) is 6.61. The molecule has 0 radical (unpaired) electrons. The van der Waals surface area contributed by atoms with E-state index in [2.05, 4.69) is 31.4 Å². The molecule has 1 N–H and O–H groups in total. The molecular formula is C16H15BrClN5O. The molecule has 0 saturated heterocycles. The van der Waals surface area contributed by atoms with Gasteiger partial charge in [-0.05, 0) is 40.5 Å². The molecule has 0 fully saturated rings. The smallest absolute Gasteiger partial charge is 0.277 e. The van der Waals surface area contributed by atoms with E-state index in [1.807, 2.05) is 31.2 Å². The van der Waals surface area contributed by atoms with Gasteiger partial charge in [0.25, 0.3) is 5.91 Å².